The molecule has 0 aromatic heterocycles. The van der Waals surface area contributed by atoms with E-state index in [1.807, 2.05) is 0 Å². The second-order valence-corrected chi connectivity index (χ2v) is 13.6. The Morgan fingerprint density at radius 2 is 0.822 bits per heavy atom. The maximum Gasteiger partial charge on any atom is 0.308 e. The van der Waals surface area contributed by atoms with Crippen LogP contribution in [0, 0.1) is 5.92 Å². The molecule has 0 aromatic carbocycles. The van der Waals surface area contributed by atoms with Gasteiger partial charge in [-0.05, 0) is 58.0 Å². The van der Waals surface area contributed by atoms with Crippen molar-refractivity contribution in [1.82, 2.24) is 5.32 Å². The van der Waals surface area contributed by atoms with Crippen molar-refractivity contribution in [2.75, 3.05) is 26.3 Å². The minimum absolute atomic E-state index is 0.0144. The van der Waals surface area contributed by atoms with Gasteiger partial charge in [-0.2, -0.15) is 0 Å². The predicted molar refractivity (Wildman–Crippen MR) is 194 cm³/mol. The molecular weight excluding hydrogens is 558 g/mol. The van der Waals surface area contributed by atoms with Crippen molar-refractivity contribution >= 4 is 11.9 Å². The molecule has 0 heterocycles. The molecule has 0 fully saturated rings. The Bertz CT molecular complexity index is 595. The van der Waals surface area contributed by atoms with Crippen LogP contribution in [0.4, 0.5) is 0 Å². The molecule has 5 nitrogen and oxygen atoms in total. The highest BCUT2D eigenvalue weighted by atomic mass is 16.5. The van der Waals surface area contributed by atoms with Crippen LogP contribution in [0.2, 0.25) is 0 Å². The molecule has 5 heteroatoms. The SMILES string of the molecule is CCCCCCCCC(CCCCCCCC)C(=O)OCCCCCCCNCCCCCCCC(=O)OCCCCCCC. The molecule has 0 aromatic rings. The average Bonchev–Trinajstić information content (AvgIpc) is 3.04. The van der Waals surface area contributed by atoms with Gasteiger partial charge in [-0.1, -0.05) is 162 Å². The number of unbranched alkanes of at least 4 members (excludes halogenated alkanes) is 22. The van der Waals surface area contributed by atoms with Crippen molar-refractivity contribution in [2.24, 2.45) is 5.92 Å². The molecule has 0 aliphatic carbocycles. The first kappa shape index (κ1) is 43.9. The Balaban J connectivity index is 3.66. The summed E-state index contributed by atoms with van der Waals surface area (Å²) in [6.45, 7) is 10.1. The third-order valence-electron chi connectivity index (χ3n) is 9.13. The first-order valence-corrected chi connectivity index (χ1v) is 20.2. The van der Waals surface area contributed by atoms with Gasteiger partial charge in [0.15, 0.2) is 0 Å². The fraction of sp³-hybridized carbons (Fsp3) is 0.950. The summed E-state index contributed by atoms with van der Waals surface area (Å²) in [6, 6.07) is 0. The smallest absolute Gasteiger partial charge is 0.308 e. The second kappa shape index (κ2) is 37.4. The van der Waals surface area contributed by atoms with Crippen LogP contribution in [-0.4, -0.2) is 38.2 Å². The van der Waals surface area contributed by atoms with Gasteiger partial charge in [-0.15, -0.1) is 0 Å². The van der Waals surface area contributed by atoms with Crippen LogP contribution in [0.3, 0.4) is 0 Å². The van der Waals surface area contributed by atoms with Crippen LogP contribution >= 0.6 is 0 Å². The zero-order valence-electron chi connectivity index (χ0n) is 30.8. The highest BCUT2D eigenvalue weighted by Crippen LogP contribution is 2.21. The van der Waals surface area contributed by atoms with Gasteiger partial charge in [-0.3, -0.25) is 9.59 Å². The van der Waals surface area contributed by atoms with E-state index in [1.165, 1.54) is 141 Å². The summed E-state index contributed by atoms with van der Waals surface area (Å²) in [7, 11) is 0. The largest absolute Gasteiger partial charge is 0.466 e. The number of rotatable bonds is 37. The van der Waals surface area contributed by atoms with E-state index in [4.69, 9.17) is 9.47 Å². The number of carbonyl (C=O) groups excluding carboxylic acids is 2. The molecule has 0 saturated carbocycles. The van der Waals surface area contributed by atoms with E-state index in [0.29, 0.717) is 19.6 Å². The average molecular weight is 638 g/mol. The lowest BCUT2D eigenvalue weighted by Crippen LogP contribution is -2.19. The fourth-order valence-corrected chi connectivity index (χ4v) is 6.03. The summed E-state index contributed by atoms with van der Waals surface area (Å²) < 4.78 is 11.1. The van der Waals surface area contributed by atoms with Gasteiger partial charge in [0, 0.05) is 6.42 Å². The summed E-state index contributed by atoms with van der Waals surface area (Å²) in [4.78, 5) is 24.6. The van der Waals surface area contributed by atoms with E-state index < -0.39 is 0 Å². The van der Waals surface area contributed by atoms with E-state index in [1.54, 1.807) is 0 Å². The minimum Gasteiger partial charge on any atom is -0.466 e. The molecule has 0 aliphatic rings. The zero-order valence-corrected chi connectivity index (χ0v) is 30.8. The van der Waals surface area contributed by atoms with Gasteiger partial charge in [0.25, 0.3) is 0 Å². The molecular formula is C40H79NO4. The number of carbonyl (C=O) groups is 2. The van der Waals surface area contributed by atoms with Crippen LogP contribution in [0.25, 0.3) is 0 Å². The van der Waals surface area contributed by atoms with Gasteiger partial charge < -0.3 is 14.8 Å². The third-order valence-corrected chi connectivity index (χ3v) is 9.13. The number of hydrogen-bond donors (Lipinski definition) is 1. The standard InChI is InChI=1S/C40H79NO4/c1-4-7-10-13-17-24-31-38(32-25-18-14-11-8-5-2)40(43)45-37-30-23-16-21-28-35-41-34-27-20-15-19-26-33-39(42)44-36-29-22-12-9-6-3/h38,41H,4-37H2,1-3H3. The third kappa shape index (κ3) is 34.1. The highest BCUT2D eigenvalue weighted by Gasteiger charge is 2.19. The van der Waals surface area contributed by atoms with E-state index >= 15 is 0 Å². The van der Waals surface area contributed by atoms with Crippen LogP contribution < -0.4 is 5.32 Å². The molecule has 268 valence electrons. The molecule has 0 radical (unpaired) electrons. The Labute approximate surface area is 281 Å². The summed E-state index contributed by atoms with van der Waals surface area (Å²) in [5.41, 5.74) is 0. The monoisotopic (exact) mass is 638 g/mol. The molecule has 0 rings (SSSR count). The Morgan fingerprint density at radius 3 is 1.31 bits per heavy atom. The zero-order chi connectivity index (χ0) is 32.9. The molecule has 0 bridgehead atoms. The van der Waals surface area contributed by atoms with E-state index in [2.05, 4.69) is 26.1 Å². The van der Waals surface area contributed by atoms with Crippen LogP contribution in [0.1, 0.15) is 213 Å². The first-order chi connectivity index (χ1) is 22.2. The quantitative estimate of drug-likeness (QED) is 0.0542. The van der Waals surface area contributed by atoms with Gasteiger partial charge in [0.1, 0.15) is 0 Å². The highest BCUT2D eigenvalue weighted by molar-refractivity contribution is 5.72. The van der Waals surface area contributed by atoms with E-state index in [-0.39, 0.29) is 17.9 Å². The van der Waals surface area contributed by atoms with Crippen molar-refractivity contribution in [3.05, 3.63) is 0 Å². The molecule has 0 spiro atoms. The maximum absolute atomic E-state index is 12.9. The lowest BCUT2D eigenvalue weighted by molar-refractivity contribution is -0.149. The Hall–Kier alpha value is -1.10. The van der Waals surface area contributed by atoms with Gasteiger partial charge in [0.05, 0.1) is 19.1 Å². The van der Waals surface area contributed by atoms with Crippen molar-refractivity contribution in [1.29, 1.82) is 0 Å². The lowest BCUT2D eigenvalue weighted by Gasteiger charge is -2.16. The summed E-state index contributed by atoms with van der Waals surface area (Å²) in [5.74, 6) is 0.179. The molecule has 0 amide bonds. The summed E-state index contributed by atoms with van der Waals surface area (Å²) >= 11 is 0. The van der Waals surface area contributed by atoms with Crippen LogP contribution in [0.5, 0.6) is 0 Å². The van der Waals surface area contributed by atoms with Crippen molar-refractivity contribution < 1.29 is 19.1 Å². The number of ether oxygens (including phenoxy) is 2. The van der Waals surface area contributed by atoms with Crippen LogP contribution in [0.15, 0.2) is 0 Å². The summed E-state index contributed by atoms with van der Waals surface area (Å²) in [5, 5.41) is 3.58. The lowest BCUT2D eigenvalue weighted by atomic mass is 9.94. The first-order valence-electron chi connectivity index (χ1n) is 20.2. The Morgan fingerprint density at radius 1 is 0.444 bits per heavy atom. The van der Waals surface area contributed by atoms with Crippen molar-refractivity contribution in [2.45, 2.75) is 213 Å². The van der Waals surface area contributed by atoms with Crippen molar-refractivity contribution in [3.8, 4) is 0 Å². The number of hydrogen-bond acceptors (Lipinski definition) is 5. The summed E-state index contributed by atoms with van der Waals surface area (Å²) in [6.07, 6.45) is 35.5. The number of esters is 2. The second-order valence-electron chi connectivity index (χ2n) is 13.6. The van der Waals surface area contributed by atoms with Crippen molar-refractivity contribution in [3.63, 3.8) is 0 Å². The molecule has 0 saturated heterocycles. The molecule has 45 heavy (non-hydrogen) atoms. The molecule has 1 N–H and O–H groups in total. The van der Waals surface area contributed by atoms with Gasteiger partial charge >= 0.3 is 11.9 Å². The topological polar surface area (TPSA) is 64.6 Å². The normalized spacial score (nSPS) is 11.4. The molecule has 0 unspecified atom stereocenters. The van der Waals surface area contributed by atoms with Crippen LogP contribution in [-0.2, 0) is 19.1 Å². The molecule has 0 atom stereocenters. The minimum atomic E-state index is -0.0144. The van der Waals surface area contributed by atoms with Gasteiger partial charge in [-0.25, -0.2) is 0 Å². The maximum atomic E-state index is 12.9. The number of nitrogens with one attached hydrogen (secondary N) is 1. The fourth-order valence-electron chi connectivity index (χ4n) is 6.03. The van der Waals surface area contributed by atoms with E-state index in [9.17, 15) is 9.59 Å². The van der Waals surface area contributed by atoms with E-state index in [0.717, 1.165) is 58.0 Å². The predicted octanol–water partition coefficient (Wildman–Crippen LogP) is 12.0. The Kier molecular flexibility index (Phi) is 36.4. The van der Waals surface area contributed by atoms with Gasteiger partial charge in [0.2, 0.25) is 0 Å². The molecule has 0 aliphatic heterocycles.